The summed E-state index contributed by atoms with van der Waals surface area (Å²) in [7, 11) is -3.60. The number of likely N-dealkylation sites (tertiary alicyclic amines) is 1. The van der Waals surface area contributed by atoms with Gasteiger partial charge in [-0.05, 0) is 28.6 Å². The van der Waals surface area contributed by atoms with E-state index in [9.17, 15) is 5.11 Å². The number of nitrogens with zero attached hydrogens (tertiary/aromatic N) is 6. The fraction of sp³-hybridized carbons (Fsp3) is 0.793. The highest BCUT2D eigenvalue weighted by Gasteiger charge is 2.62. The predicted molar refractivity (Wildman–Crippen MR) is 169 cm³/mol. The van der Waals surface area contributed by atoms with Gasteiger partial charge in [-0.15, -0.1) is 0 Å². The zero-order chi connectivity index (χ0) is 31.1. The molecule has 240 valence electrons. The minimum absolute atomic E-state index is 0.122. The number of amidine groups is 1. The number of hydrogen-bond donors (Lipinski definition) is 1. The van der Waals surface area contributed by atoms with E-state index in [1.807, 2.05) is 11.6 Å². The SMILES string of the molecule is CC(C)[Si]1(C(C)C)OC[C@H]2O[C@@H](n3cnc4c(/N=C5/CCCN5C)ncnc43)[C@H](OCCO)[C@@H]2O[Si](C(C)C)(C(C)C)O1. The van der Waals surface area contributed by atoms with Crippen LogP contribution in [-0.2, 0) is 22.4 Å². The third kappa shape index (κ3) is 5.85. The molecule has 3 fully saturated rings. The minimum atomic E-state index is -2.91. The summed E-state index contributed by atoms with van der Waals surface area (Å²) < 4.78 is 36.7. The van der Waals surface area contributed by atoms with Crippen LogP contribution < -0.4 is 0 Å². The lowest BCUT2D eigenvalue weighted by Crippen LogP contribution is -2.66. The molecule has 5 heterocycles. The van der Waals surface area contributed by atoms with Gasteiger partial charge in [-0.1, -0.05) is 55.4 Å². The van der Waals surface area contributed by atoms with Gasteiger partial charge in [-0.25, -0.2) is 19.9 Å². The number of aliphatic hydroxyl groups excluding tert-OH is 1. The van der Waals surface area contributed by atoms with Gasteiger partial charge in [0.2, 0.25) is 0 Å². The van der Waals surface area contributed by atoms with Gasteiger partial charge in [0.15, 0.2) is 23.2 Å². The summed E-state index contributed by atoms with van der Waals surface area (Å²) in [6.45, 7) is 18.9. The van der Waals surface area contributed by atoms with Gasteiger partial charge < -0.3 is 32.4 Å². The van der Waals surface area contributed by atoms with E-state index in [-0.39, 0.29) is 35.4 Å². The Morgan fingerprint density at radius 2 is 1.72 bits per heavy atom. The summed E-state index contributed by atoms with van der Waals surface area (Å²) in [5, 5.41) is 9.77. The van der Waals surface area contributed by atoms with E-state index >= 15 is 0 Å². The number of hydrogen-bond acceptors (Lipinski definition) is 10. The van der Waals surface area contributed by atoms with Gasteiger partial charge in [0.1, 0.15) is 30.5 Å². The van der Waals surface area contributed by atoms with Crippen LogP contribution >= 0.6 is 0 Å². The lowest BCUT2D eigenvalue weighted by atomic mass is 10.1. The molecular formula is C29H50N6O6Si2. The molecule has 4 atom stereocenters. The Morgan fingerprint density at radius 3 is 2.33 bits per heavy atom. The molecule has 2 aromatic heterocycles. The van der Waals surface area contributed by atoms with Gasteiger partial charge in [0.05, 0.1) is 26.1 Å². The van der Waals surface area contributed by atoms with Gasteiger partial charge >= 0.3 is 17.1 Å². The second kappa shape index (κ2) is 12.9. The molecule has 5 rings (SSSR count). The van der Waals surface area contributed by atoms with E-state index in [2.05, 4.69) is 70.3 Å². The zero-order valence-electron chi connectivity index (χ0n) is 27.2. The molecule has 43 heavy (non-hydrogen) atoms. The maximum Gasteiger partial charge on any atom is 0.335 e. The van der Waals surface area contributed by atoms with Crippen LogP contribution in [0.25, 0.3) is 11.2 Å². The Labute approximate surface area is 257 Å². The van der Waals surface area contributed by atoms with Gasteiger partial charge in [0.25, 0.3) is 0 Å². The molecule has 1 N–H and O–H groups in total. The van der Waals surface area contributed by atoms with Crippen molar-refractivity contribution < 1.29 is 27.5 Å². The molecule has 0 unspecified atom stereocenters. The Kier molecular flexibility index (Phi) is 9.79. The molecule has 0 bridgehead atoms. The van der Waals surface area contributed by atoms with E-state index in [1.54, 1.807) is 6.33 Å². The van der Waals surface area contributed by atoms with Crippen molar-refractivity contribution in [2.75, 3.05) is 33.4 Å². The molecule has 0 aromatic carbocycles. The number of aliphatic imine (C=N–C) groups is 1. The van der Waals surface area contributed by atoms with Crippen LogP contribution in [0.5, 0.6) is 0 Å². The number of imidazole rings is 1. The fourth-order valence-electron chi connectivity index (χ4n) is 6.88. The Balaban J connectivity index is 1.58. The first-order valence-electron chi connectivity index (χ1n) is 15.8. The predicted octanol–water partition coefficient (Wildman–Crippen LogP) is 4.81. The van der Waals surface area contributed by atoms with Crippen LogP contribution in [0, 0.1) is 0 Å². The highest BCUT2D eigenvalue weighted by atomic mass is 28.5. The van der Waals surface area contributed by atoms with Crippen molar-refractivity contribution >= 4 is 39.9 Å². The minimum Gasteiger partial charge on any atom is -0.414 e. The van der Waals surface area contributed by atoms with Gasteiger partial charge in [-0.3, -0.25) is 4.57 Å². The summed E-state index contributed by atoms with van der Waals surface area (Å²) in [4.78, 5) is 20.8. The van der Waals surface area contributed by atoms with Crippen LogP contribution in [0.15, 0.2) is 17.6 Å². The topological polar surface area (TPSA) is 126 Å². The first kappa shape index (κ1) is 32.6. The molecule has 0 amide bonds. The summed E-state index contributed by atoms with van der Waals surface area (Å²) in [6, 6.07) is 0. The molecule has 0 aliphatic carbocycles. The molecule has 3 aliphatic heterocycles. The largest absolute Gasteiger partial charge is 0.414 e. The maximum atomic E-state index is 9.77. The molecule has 2 aromatic rings. The number of fused-ring (bicyclic) bond motifs is 2. The molecule has 0 radical (unpaired) electrons. The van der Waals surface area contributed by atoms with Gasteiger partial charge in [0, 0.05) is 20.0 Å². The summed E-state index contributed by atoms with van der Waals surface area (Å²) >= 11 is 0. The van der Waals surface area contributed by atoms with Crippen molar-refractivity contribution in [2.45, 2.75) is 115 Å². The van der Waals surface area contributed by atoms with Gasteiger partial charge in [-0.2, -0.15) is 0 Å². The van der Waals surface area contributed by atoms with E-state index in [1.165, 1.54) is 6.33 Å². The van der Waals surface area contributed by atoms with Crippen LogP contribution in [0.4, 0.5) is 5.82 Å². The summed E-state index contributed by atoms with van der Waals surface area (Å²) in [5.74, 6) is 1.53. The number of aliphatic hydroxyl groups is 1. The van der Waals surface area contributed by atoms with E-state index < -0.39 is 41.7 Å². The fourth-order valence-corrected chi connectivity index (χ4v) is 18.1. The molecule has 0 saturated carbocycles. The highest BCUT2D eigenvalue weighted by molar-refractivity contribution is 6.84. The lowest BCUT2D eigenvalue weighted by molar-refractivity contribution is -0.0747. The molecular weight excluding hydrogens is 585 g/mol. The Morgan fingerprint density at radius 1 is 1.02 bits per heavy atom. The van der Waals surface area contributed by atoms with Crippen LogP contribution in [0.2, 0.25) is 22.2 Å². The third-order valence-corrected chi connectivity index (χ3v) is 19.5. The average molecular weight is 635 g/mol. The maximum absolute atomic E-state index is 9.77. The second-order valence-corrected chi connectivity index (χ2v) is 22.1. The lowest BCUT2D eigenvalue weighted by Gasteiger charge is -2.51. The van der Waals surface area contributed by atoms with Crippen molar-refractivity contribution in [3.63, 3.8) is 0 Å². The van der Waals surface area contributed by atoms with Crippen molar-refractivity contribution in [3.8, 4) is 0 Å². The van der Waals surface area contributed by atoms with Crippen molar-refractivity contribution in [1.29, 1.82) is 0 Å². The van der Waals surface area contributed by atoms with E-state index in [0.29, 0.717) is 23.6 Å². The van der Waals surface area contributed by atoms with Crippen molar-refractivity contribution in [1.82, 2.24) is 24.4 Å². The van der Waals surface area contributed by atoms with Crippen LogP contribution in [0.3, 0.4) is 0 Å². The van der Waals surface area contributed by atoms with Crippen LogP contribution in [-0.4, -0.2) is 104 Å². The Bertz CT molecular complexity index is 1270. The molecule has 0 spiro atoms. The standard InChI is InChI=1S/C29H50N6O6Si2/c1-18(2)42(19(3)4)38-15-22-25(40-43(41-42,20(5)6)21(7)8)26(37-14-13-36)29(39-22)35-17-32-24-27(30-16-31-28(24)35)33-23-11-10-12-34(23)9/h16-22,25-26,29,36H,10-15H2,1-9H3/b33-23-/t22-,25-,26-,29-/m1/s1. The van der Waals surface area contributed by atoms with E-state index in [0.717, 1.165) is 25.2 Å². The summed E-state index contributed by atoms with van der Waals surface area (Å²) in [6.07, 6.45) is 3.18. The molecule has 12 nitrogen and oxygen atoms in total. The average Bonchev–Trinajstić information content (AvgIpc) is 3.64. The van der Waals surface area contributed by atoms with Crippen molar-refractivity contribution in [3.05, 3.63) is 12.7 Å². The monoisotopic (exact) mass is 634 g/mol. The number of rotatable bonds is 9. The summed E-state index contributed by atoms with van der Waals surface area (Å²) in [5.41, 5.74) is 1.98. The number of ether oxygens (including phenoxy) is 2. The third-order valence-electron chi connectivity index (χ3n) is 9.20. The Hall–Kier alpha value is -1.79. The first-order valence-corrected chi connectivity index (χ1v) is 19.8. The smallest absolute Gasteiger partial charge is 0.335 e. The second-order valence-electron chi connectivity index (χ2n) is 13.3. The van der Waals surface area contributed by atoms with Crippen LogP contribution in [0.1, 0.15) is 74.5 Å². The quantitative estimate of drug-likeness (QED) is 0.384. The molecule has 3 saturated heterocycles. The molecule has 3 aliphatic rings. The highest BCUT2D eigenvalue weighted by Crippen LogP contribution is 2.49. The normalized spacial score (nSPS) is 28.5. The zero-order valence-corrected chi connectivity index (χ0v) is 29.2. The van der Waals surface area contributed by atoms with E-state index in [4.69, 9.17) is 32.4 Å². The first-order chi connectivity index (χ1) is 20.4. The number of aromatic nitrogens is 4. The van der Waals surface area contributed by atoms with Crippen molar-refractivity contribution in [2.24, 2.45) is 4.99 Å². The molecule has 14 heteroatoms.